The monoisotopic (exact) mass is 288 g/mol. The molecule has 0 radical (unpaired) electrons. The minimum atomic E-state index is 0.459. The van der Waals surface area contributed by atoms with E-state index in [-0.39, 0.29) is 0 Å². The third kappa shape index (κ3) is 1.85. The van der Waals surface area contributed by atoms with E-state index in [1.807, 2.05) is 0 Å². The van der Waals surface area contributed by atoms with Crippen molar-refractivity contribution in [3.63, 3.8) is 0 Å². The van der Waals surface area contributed by atoms with E-state index < -0.39 is 0 Å². The molecule has 0 aromatic heterocycles. The van der Waals surface area contributed by atoms with Crippen LogP contribution < -0.4 is 0 Å². The average molecular weight is 288 g/mol. The number of Topliss-reactive ketones (excluding diaryl/α,β-unsaturated/α-hetero) is 1. The van der Waals surface area contributed by atoms with Gasteiger partial charge in [-0.3, -0.25) is 4.79 Å². The molecule has 0 spiro atoms. The summed E-state index contributed by atoms with van der Waals surface area (Å²) in [6.07, 6.45) is 11.9. The van der Waals surface area contributed by atoms with E-state index >= 15 is 0 Å². The van der Waals surface area contributed by atoms with Crippen molar-refractivity contribution in [2.75, 3.05) is 0 Å². The maximum absolute atomic E-state index is 12.1. The molecule has 0 bridgehead atoms. The average Bonchev–Trinajstić information content (AvgIpc) is 2.82. The van der Waals surface area contributed by atoms with Crippen LogP contribution in [0.5, 0.6) is 0 Å². The first kappa shape index (κ1) is 14.3. The Balaban J connectivity index is 1.67. The number of carbonyl (C=O) groups excluding carboxylic acids is 1. The molecular weight excluding hydrogens is 256 g/mol. The van der Waals surface area contributed by atoms with E-state index in [0.717, 1.165) is 30.6 Å². The molecule has 4 saturated carbocycles. The van der Waals surface area contributed by atoms with Gasteiger partial charge in [0, 0.05) is 12.8 Å². The van der Waals surface area contributed by atoms with Crippen molar-refractivity contribution < 1.29 is 4.79 Å². The molecule has 1 heteroatoms. The molecule has 21 heavy (non-hydrogen) atoms. The van der Waals surface area contributed by atoms with Crippen LogP contribution in [-0.4, -0.2) is 5.78 Å². The summed E-state index contributed by atoms with van der Waals surface area (Å²) in [5.74, 6) is 4.74. The number of rotatable bonds is 0. The SMILES string of the molecule is CC1CC(=O)C[C@@H]2CC[C@H]3[C@@H]4CCC[C@@]4(C)CC[C@@H]3[C@@]12C. The Kier molecular flexibility index (Phi) is 3.12. The Morgan fingerprint density at radius 3 is 2.57 bits per heavy atom. The number of hydrogen-bond acceptors (Lipinski definition) is 1. The molecule has 0 aliphatic heterocycles. The zero-order valence-electron chi connectivity index (χ0n) is 14.2. The summed E-state index contributed by atoms with van der Waals surface area (Å²) in [4.78, 5) is 12.1. The lowest BCUT2D eigenvalue weighted by Gasteiger charge is -2.61. The number of ketones is 1. The molecule has 7 atom stereocenters. The van der Waals surface area contributed by atoms with Crippen LogP contribution in [0, 0.1) is 40.4 Å². The third-order valence-electron chi connectivity index (χ3n) is 8.82. The summed E-state index contributed by atoms with van der Waals surface area (Å²) in [5.41, 5.74) is 1.12. The summed E-state index contributed by atoms with van der Waals surface area (Å²) in [6, 6.07) is 0. The second-order valence-corrected chi connectivity index (χ2v) is 9.45. The Hall–Kier alpha value is -0.330. The predicted octanol–water partition coefficient (Wildman–Crippen LogP) is 5.23. The van der Waals surface area contributed by atoms with Crippen LogP contribution in [-0.2, 0) is 4.79 Å². The lowest BCUT2D eigenvalue weighted by molar-refractivity contribution is -0.149. The van der Waals surface area contributed by atoms with E-state index in [1.54, 1.807) is 0 Å². The van der Waals surface area contributed by atoms with Gasteiger partial charge in [0.15, 0.2) is 0 Å². The predicted molar refractivity (Wildman–Crippen MR) is 85.9 cm³/mol. The zero-order valence-corrected chi connectivity index (χ0v) is 14.2. The van der Waals surface area contributed by atoms with E-state index in [9.17, 15) is 4.79 Å². The number of carbonyl (C=O) groups is 1. The number of fused-ring (bicyclic) bond motifs is 5. The van der Waals surface area contributed by atoms with Crippen molar-refractivity contribution >= 4 is 5.78 Å². The molecule has 0 heterocycles. The Morgan fingerprint density at radius 2 is 1.76 bits per heavy atom. The van der Waals surface area contributed by atoms with Gasteiger partial charge in [-0.05, 0) is 78.9 Å². The first-order valence-corrected chi connectivity index (χ1v) is 9.47. The van der Waals surface area contributed by atoms with Gasteiger partial charge < -0.3 is 0 Å². The lowest BCUT2D eigenvalue weighted by atomic mass is 9.43. The molecule has 4 aliphatic carbocycles. The second kappa shape index (κ2) is 4.59. The van der Waals surface area contributed by atoms with Crippen molar-refractivity contribution in [3.8, 4) is 0 Å². The lowest BCUT2D eigenvalue weighted by Crippen LogP contribution is -2.55. The minimum Gasteiger partial charge on any atom is -0.300 e. The molecule has 0 aromatic rings. The highest BCUT2D eigenvalue weighted by molar-refractivity contribution is 5.80. The summed E-state index contributed by atoms with van der Waals surface area (Å²) >= 11 is 0. The van der Waals surface area contributed by atoms with Crippen LogP contribution in [0.25, 0.3) is 0 Å². The van der Waals surface area contributed by atoms with E-state index in [2.05, 4.69) is 20.8 Å². The van der Waals surface area contributed by atoms with Gasteiger partial charge >= 0.3 is 0 Å². The zero-order chi connectivity index (χ0) is 14.8. The molecular formula is C20H32O. The molecule has 0 aromatic carbocycles. The van der Waals surface area contributed by atoms with Crippen LogP contribution in [0.15, 0.2) is 0 Å². The smallest absolute Gasteiger partial charge is 0.133 e. The summed E-state index contributed by atoms with van der Waals surface area (Å²) in [6.45, 7) is 7.54. The van der Waals surface area contributed by atoms with Crippen LogP contribution >= 0.6 is 0 Å². The van der Waals surface area contributed by atoms with Crippen LogP contribution in [0.1, 0.15) is 78.6 Å². The highest BCUT2D eigenvalue weighted by atomic mass is 16.1. The van der Waals surface area contributed by atoms with Crippen LogP contribution in [0.4, 0.5) is 0 Å². The standard InChI is InChI=1S/C20H32O/c1-13-11-15(21)12-14-6-7-16-17-5-4-9-19(17,2)10-8-18(16)20(13,14)3/h13-14,16-18H,4-12H2,1-3H3/t13?,14-,16-,17-,18-,19-,20-/m0/s1. The molecule has 1 unspecified atom stereocenters. The van der Waals surface area contributed by atoms with Crippen LogP contribution in [0.3, 0.4) is 0 Å². The molecule has 0 saturated heterocycles. The molecule has 118 valence electrons. The molecule has 1 nitrogen and oxygen atoms in total. The van der Waals surface area contributed by atoms with E-state index in [0.29, 0.717) is 28.4 Å². The fourth-order valence-corrected chi connectivity index (χ4v) is 7.47. The fourth-order valence-electron chi connectivity index (χ4n) is 7.47. The maximum Gasteiger partial charge on any atom is 0.133 e. The third-order valence-corrected chi connectivity index (χ3v) is 8.82. The van der Waals surface area contributed by atoms with Gasteiger partial charge in [0.05, 0.1) is 0 Å². The molecule has 0 amide bonds. The quantitative estimate of drug-likeness (QED) is 0.596. The Labute approximate surface area is 130 Å². The molecule has 0 N–H and O–H groups in total. The summed E-state index contributed by atoms with van der Waals surface area (Å²) in [5, 5.41) is 0. The molecule has 4 rings (SSSR count). The van der Waals surface area contributed by atoms with E-state index in [4.69, 9.17) is 0 Å². The van der Waals surface area contributed by atoms with Gasteiger partial charge in [-0.15, -0.1) is 0 Å². The fraction of sp³-hybridized carbons (Fsp3) is 0.950. The van der Waals surface area contributed by atoms with Gasteiger partial charge in [-0.1, -0.05) is 27.2 Å². The summed E-state index contributed by atoms with van der Waals surface area (Å²) in [7, 11) is 0. The highest BCUT2D eigenvalue weighted by Crippen LogP contribution is 2.66. The van der Waals surface area contributed by atoms with Crippen LogP contribution in [0.2, 0.25) is 0 Å². The van der Waals surface area contributed by atoms with Crippen molar-refractivity contribution in [1.82, 2.24) is 0 Å². The minimum absolute atomic E-state index is 0.459. The first-order valence-electron chi connectivity index (χ1n) is 9.47. The van der Waals surface area contributed by atoms with Gasteiger partial charge in [0.1, 0.15) is 5.78 Å². The Morgan fingerprint density at radius 1 is 0.952 bits per heavy atom. The molecule has 4 fully saturated rings. The highest BCUT2D eigenvalue weighted by Gasteiger charge is 2.59. The van der Waals surface area contributed by atoms with Crippen molar-refractivity contribution in [2.45, 2.75) is 78.6 Å². The number of hydrogen-bond donors (Lipinski definition) is 0. The molecule has 4 aliphatic rings. The maximum atomic E-state index is 12.1. The second-order valence-electron chi connectivity index (χ2n) is 9.45. The van der Waals surface area contributed by atoms with Gasteiger partial charge in [-0.2, -0.15) is 0 Å². The van der Waals surface area contributed by atoms with E-state index in [1.165, 1.54) is 44.9 Å². The van der Waals surface area contributed by atoms with Gasteiger partial charge in [0.2, 0.25) is 0 Å². The summed E-state index contributed by atoms with van der Waals surface area (Å²) < 4.78 is 0. The van der Waals surface area contributed by atoms with Gasteiger partial charge in [0.25, 0.3) is 0 Å². The largest absolute Gasteiger partial charge is 0.300 e. The van der Waals surface area contributed by atoms with Crippen molar-refractivity contribution in [1.29, 1.82) is 0 Å². The van der Waals surface area contributed by atoms with Gasteiger partial charge in [-0.25, -0.2) is 0 Å². The Bertz CT molecular complexity index is 455. The van der Waals surface area contributed by atoms with Crippen molar-refractivity contribution in [3.05, 3.63) is 0 Å². The topological polar surface area (TPSA) is 17.1 Å². The normalized spacial score (nSPS) is 56.5. The van der Waals surface area contributed by atoms with Crippen molar-refractivity contribution in [2.24, 2.45) is 40.4 Å². The first-order chi connectivity index (χ1) is 9.95.